The summed E-state index contributed by atoms with van der Waals surface area (Å²) in [5.74, 6) is 0.735. The van der Waals surface area contributed by atoms with Crippen molar-refractivity contribution in [1.82, 2.24) is 10.3 Å². The van der Waals surface area contributed by atoms with Crippen molar-refractivity contribution in [2.24, 2.45) is 0 Å². The van der Waals surface area contributed by atoms with Gasteiger partial charge < -0.3 is 19.6 Å². The lowest BCUT2D eigenvalue weighted by Crippen LogP contribution is -2.25. The first-order valence-electron chi connectivity index (χ1n) is 8.40. The average Bonchev–Trinajstić information content (AvgIpc) is 2.64. The molecule has 3 aromatic rings. The van der Waals surface area contributed by atoms with E-state index in [9.17, 15) is 9.59 Å². The minimum atomic E-state index is -1.15. The third kappa shape index (κ3) is 3.48. The Kier molecular flexibility index (Phi) is 4.85. The summed E-state index contributed by atoms with van der Waals surface area (Å²) in [5, 5.41) is 11.9. The molecular weight excluding hydrogens is 348 g/mol. The Hall–Kier alpha value is -3.35. The fraction of sp³-hybridized carbons (Fsp3) is 0.250. The van der Waals surface area contributed by atoms with Gasteiger partial charge in [-0.25, -0.2) is 9.78 Å². The first kappa shape index (κ1) is 18.4. The van der Waals surface area contributed by atoms with Gasteiger partial charge in [-0.05, 0) is 38.5 Å². The number of carbonyl (C=O) groups is 1. The summed E-state index contributed by atoms with van der Waals surface area (Å²) < 4.78 is 11.2. The molecule has 0 aliphatic heterocycles. The van der Waals surface area contributed by atoms with Crippen molar-refractivity contribution in [2.75, 3.05) is 7.11 Å². The molecule has 7 heteroatoms. The van der Waals surface area contributed by atoms with Gasteiger partial charge in [0, 0.05) is 17.2 Å². The lowest BCUT2D eigenvalue weighted by atomic mass is 10.00. The zero-order valence-electron chi connectivity index (χ0n) is 15.5. The number of pyridine rings is 1. The molecule has 1 aromatic carbocycles. The Morgan fingerprint density at radius 2 is 2.04 bits per heavy atom. The molecule has 2 heterocycles. The SMILES string of the molecule is COc1cccc(-c2oc3c([C@@H](C)NC(=O)O)cc(C)cc3c(=O)c2C)n1. The topological polar surface area (TPSA) is 102 Å². The maximum Gasteiger partial charge on any atom is 0.405 e. The Morgan fingerprint density at radius 1 is 1.30 bits per heavy atom. The van der Waals surface area contributed by atoms with E-state index >= 15 is 0 Å². The van der Waals surface area contributed by atoms with Crippen LogP contribution >= 0.6 is 0 Å². The number of hydrogen-bond acceptors (Lipinski definition) is 5. The van der Waals surface area contributed by atoms with Crippen LogP contribution in [0.1, 0.15) is 29.7 Å². The second-order valence-corrected chi connectivity index (χ2v) is 6.35. The van der Waals surface area contributed by atoms with Gasteiger partial charge in [0.2, 0.25) is 5.88 Å². The summed E-state index contributed by atoms with van der Waals surface area (Å²) in [6.45, 7) is 5.23. The van der Waals surface area contributed by atoms with Crippen molar-refractivity contribution in [3.8, 4) is 17.3 Å². The van der Waals surface area contributed by atoms with Gasteiger partial charge in [0.15, 0.2) is 11.2 Å². The maximum atomic E-state index is 13.0. The molecule has 7 nitrogen and oxygen atoms in total. The number of amides is 1. The number of aryl methyl sites for hydroxylation is 1. The minimum Gasteiger partial charge on any atom is -0.481 e. The first-order valence-corrected chi connectivity index (χ1v) is 8.40. The molecule has 0 spiro atoms. The van der Waals surface area contributed by atoms with Crippen molar-refractivity contribution < 1.29 is 19.1 Å². The highest BCUT2D eigenvalue weighted by molar-refractivity contribution is 5.84. The quantitative estimate of drug-likeness (QED) is 0.726. The number of ether oxygens (including phenoxy) is 1. The monoisotopic (exact) mass is 368 g/mol. The van der Waals surface area contributed by atoms with E-state index in [1.54, 1.807) is 38.1 Å². The van der Waals surface area contributed by atoms with Gasteiger partial charge in [-0.15, -0.1) is 0 Å². The number of benzene rings is 1. The average molecular weight is 368 g/mol. The highest BCUT2D eigenvalue weighted by Gasteiger charge is 2.20. The molecule has 2 aromatic heterocycles. The molecule has 1 amide bonds. The van der Waals surface area contributed by atoms with Crippen LogP contribution in [0.5, 0.6) is 5.88 Å². The molecule has 140 valence electrons. The van der Waals surface area contributed by atoms with Crippen molar-refractivity contribution in [3.63, 3.8) is 0 Å². The van der Waals surface area contributed by atoms with E-state index in [4.69, 9.17) is 14.3 Å². The highest BCUT2D eigenvalue weighted by Crippen LogP contribution is 2.30. The Labute approximate surface area is 155 Å². The summed E-state index contributed by atoms with van der Waals surface area (Å²) >= 11 is 0. The Bertz CT molecular complexity index is 1090. The second-order valence-electron chi connectivity index (χ2n) is 6.35. The predicted octanol–water partition coefficient (Wildman–Crippen LogP) is 3.81. The van der Waals surface area contributed by atoms with Gasteiger partial charge in [0.1, 0.15) is 11.3 Å². The van der Waals surface area contributed by atoms with Gasteiger partial charge in [-0.3, -0.25) is 4.79 Å². The van der Waals surface area contributed by atoms with Crippen LogP contribution in [0.15, 0.2) is 39.5 Å². The largest absolute Gasteiger partial charge is 0.481 e. The number of fused-ring (bicyclic) bond motifs is 1. The van der Waals surface area contributed by atoms with Crippen LogP contribution in [0, 0.1) is 13.8 Å². The van der Waals surface area contributed by atoms with Crippen molar-refractivity contribution in [2.45, 2.75) is 26.8 Å². The molecule has 0 saturated heterocycles. The molecular formula is C20H20N2O5. The molecule has 0 unspecified atom stereocenters. The van der Waals surface area contributed by atoms with Gasteiger partial charge in [-0.2, -0.15) is 0 Å². The molecule has 0 aliphatic rings. The van der Waals surface area contributed by atoms with Crippen LogP contribution in [0.2, 0.25) is 0 Å². The van der Waals surface area contributed by atoms with Crippen LogP contribution in [0.4, 0.5) is 4.79 Å². The first-order chi connectivity index (χ1) is 12.8. The van der Waals surface area contributed by atoms with Crippen LogP contribution < -0.4 is 15.5 Å². The third-order valence-electron chi connectivity index (χ3n) is 4.36. The van der Waals surface area contributed by atoms with E-state index in [0.717, 1.165) is 5.56 Å². The zero-order valence-corrected chi connectivity index (χ0v) is 15.5. The normalized spacial score (nSPS) is 12.0. The second kappa shape index (κ2) is 7.11. The van der Waals surface area contributed by atoms with Crippen molar-refractivity contribution in [3.05, 3.63) is 57.2 Å². The fourth-order valence-electron chi connectivity index (χ4n) is 3.05. The number of rotatable bonds is 4. The smallest absolute Gasteiger partial charge is 0.405 e. The summed E-state index contributed by atoms with van der Waals surface area (Å²) in [4.78, 5) is 28.4. The van der Waals surface area contributed by atoms with Crippen molar-refractivity contribution >= 4 is 17.1 Å². The fourth-order valence-corrected chi connectivity index (χ4v) is 3.05. The van der Waals surface area contributed by atoms with Gasteiger partial charge in [0.25, 0.3) is 0 Å². The van der Waals surface area contributed by atoms with Gasteiger partial charge in [0.05, 0.1) is 18.5 Å². The summed E-state index contributed by atoms with van der Waals surface area (Å²) in [6, 6.07) is 8.19. The Morgan fingerprint density at radius 3 is 2.70 bits per heavy atom. The number of aromatic nitrogens is 1. The lowest BCUT2D eigenvalue weighted by molar-refractivity contribution is 0.191. The highest BCUT2D eigenvalue weighted by atomic mass is 16.5. The van der Waals surface area contributed by atoms with E-state index < -0.39 is 12.1 Å². The van der Waals surface area contributed by atoms with Crippen LogP contribution in [0.3, 0.4) is 0 Å². The Balaban J connectivity index is 2.31. The minimum absolute atomic E-state index is 0.177. The molecule has 0 bridgehead atoms. The maximum absolute atomic E-state index is 13.0. The summed E-state index contributed by atoms with van der Waals surface area (Å²) in [6.07, 6.45) is -1.15. The van der Waals surface area contributed by atoms with E-state index in [0.29, 0.717) is 39.4 Å². The molecule has 3 rings (SSSR count). The van der Waals surface area contributed by atoms with Crippen LogP contribution in [0.25, 0.3) is 22.4 Å². The molecule has 1 atom stereocenters. The lowest BCUT2D eigenvalue weighted by Gasteiger charge is -2.16. The summed E-state index contributed by atoms with van der Waals surface area (Å²) in [5.41, 5.74) is 2.50. The van der Waals surface area contributed by atoms with Gasteiger partial charge >= 0.3 is 6.09 Å². The molecule has 0 aliphatic carbocycles. The number of hydrogen-bond donors (Lipinski definition) is 2. The molecule has 0 saturated carbocycles. The predicted molar refractivity (Wildman–Crippen MR) is 101 cm³/mol. The molecule has 0 radical (unpaired) electrons. The number of nitrogens with zero attached hydrogens (tertiary/aromatic N) is 1. The zero-order chi connectivity index (χ0) is 19.7. The number of nitrogens with one attached hydrogen (secondary N) is 1. The third-order valence-corrected chi connectivity index (χ3v) is 4.36. The number of carboxylic acid groups (broad SMARTS) is 1. The van der Waals surface area contributed by atoms with Crippen LogP contribution in [-0.4, -0.2) is 23.3 Å². The standard InChI is InChI=1S/C20H20N2O5/c1-10-8-13(12(3)21-20(24)25)19-14(9-10)17(23)11(2)18(27-19)15-6-5-7-16(22-15)26-4/h5-9,12,21H,1-4H3,(H,24,25)/t12-/m1/s1. The van der Waals surface area contributed by atoms with Gasteiger partial charge in [-0.1, -0.05) is 12.1 Å². The van der Waals surface area contributed by atoms with Crippen molar-refractivity contribution in [1.29, 1.82) is 0 Å². The van der Waals surface area contributed by atoms with Crippen LogP contribution in [-0.2, 0) is 0 Å². The number of methoxy groups -OCH3 is 1. The summed E-state index contributed by atoms with van der Waals surface area (Å²) in [7, 11) is 1.51. The van der Waals surface area contributed by atoms with E-state index in [-0.39, 0.29) is 5.43 Å². The van der Waals surface area contributed by atoms with E-state index in [1.807, 2.05) is 13.0 Å². The van der Waals surface area contributed by atoms with E-state index in [2.05, 4.69) is 10.3 Å². The molecule has 0 fully saturated rings. The molecule has 2 N–H and O–H groups in total. The molecule has 27 heavy (non-hydrogen) atoms. The van der Waals surface area contributed by atoms with E-state index in [1.165, 1.54) is 7.11 Å².